The lowest BCUT2D eigenvalue weighted by Gasteiger charge is -2.31. The second-order valence-corrected chi connectivity index (χ2v) is 8.01. The molecule has 128 valence electrons. The van der Waals surface area contributed by atoms with Crippen LogP contribution in [0.5, 0.6) is 0 Å². The number of unbranched alkanes of at least 4 members (excludes halogenated alkanes) is 1. The van der Waals surface area contributed by atoms with Crippen LogP contribution in [0.2, 0.25) is 0 Å². The van der Waals surface area contributed by atoms with Crippen LogP contribution in [0.3, 0.4) is 0 Å². The number of allylic oxidation sites excluding steroid dienone is 5. The van der Waals surface area contributed by atoms with E-state index in [-0.39, 0.29) is 11.3 Å². The molecule has 1 amide bonds. The summed E-state index contributed by atoms with van der Waals surface area (Å²) in [5.74, 6) is 1.38. The molecule has 0 radical (unpaired) electrons. The van der Waals surface area contributed by atoms with E-state index in [2.05, 4.69) is 63.8 Å². The fourth-order valence-corrected chi connectivity index (χ4v) is 3.93. The minimum atomic E-state index is 0.00870. The molecule has 1 aliphatic carbocycles. The van der Waals surface area contributed by atoms with Gasteiger partial charge in [-0.3, -0.25) is 9.69 Å². The first kappa shape index (κ1) is 18.0. The van der Waals surface area contributed by atoms with Gasteiger partial charge in [0.2, 0.25) is 5.91 Å². The van der Waals surface area contributed by atoms with Crippen molar-refractivity contribution in [3.63, 3.8) is 0 Å². The first-order valence-corrected chi connectivity index (χ1v) is 9.29. The molecule has 2 nitrogen and oxygen atoms in total. The van der Waals surface area contributed by atoms with Gasteiger partial charge >= 0.3 is 0 Å². The Balaban J connectivity index is 2.18. The number of carbonyl (C=O) groups excluding carboxylic acids is 1. The molecule has 2 rings (SSSR count). The highest BCUT2D eigenvalue weighted by Gasteiger charge is 2.41. The molecular formula is C21H33NO. The van der Waals surface area contributed by atoms with E-state index >= 15 is 0 Å². The molecule has 0 saturated heterocycles. The van der Waals surface area contributed by atoms with Gasteiger partial charge in [-0.25, -0.2) is 0 Å². The summed E-state index contributed by atoms with van der Waals surface area (Å²) in [5, 5.41) is 0. The third-order valence-electron chi connectivity index (χ3n) is 4.96. The zero-order chi connectivity index (χ0) is 17.0. The Bertz CT molecular complexity index is 526. The molecule has 2 heteroatoms. The van der Waals surface area contributed by atoms with E-state index in [0.29, 0.717) is 18.3 Å². The fraction of sp³-hybridized carbons (Fsp3) is 0.667. The summed E-state index contributed by atoms with van der Waals surface area (Å²) in [7, 11) is 0. The Morgan fingerprint density at radius 2 is 2.09 bits per heavy atom. The molecule has 0 aromatic carbocycles. The van der Waals surface area contributed by atoms with Crippen molar-refractivity contribution in [2.45, 2.75) is 73.1 Å². The molecule has 1 aliphatic heterocycles. The topological polar surface area (TPSA) is 20.3 Å². The summed E-state index contributed by atoms with van der Waals surface area (Å²) < 4.78 is 0. The monoisotopic (exact) mass is 315 g/mol. The van der Waals surface area contributed by atoms with Crippen LogP contribution in [-0.4, -0.2) is 10.8 Å². The Morgan fingerprint density at radius 3 is 2.74 bits per heavy atom. The van der Waals surface area contributed by atoms with Gasteiger partial charge in [0.1, 0.15) is 0 Å². The average Bonchev–Trinajstić information content (AvgIpc) is 2.76. The van der Waals surface area contributed by atoms with Crippen LogP contribution in [-0.2, 0) is 4.79 Å². The number of amides is 1. The highest BCUT2D eigenvalue weighted by atomic mass is 16.2. The second kappa shape index (κ2) is 7.51. The van der Waals surface area contributed by atoms with Crippen molar-refractivity contribution in [2.24, 2.45) is 17.3 Å². The lowest BCUT2D eigenvalue weighted by atomic mass is 9.81. The normalized spacial score (nSPS) is 24.5. The van der Waals surface area contributed by atoms with Crippen molar-refractivity contribution in [2.75, 3.05) is 0 Å². The summed E-state index contributed by atoms with van der Waals surface area (Å²) in [6, 6.07) is 0. The zero-order valence-corrected chi connectivity index (χ0v) is 15.6. The van der Waals surface area contributed by atoms with E-state index in [1.54, 1.807) is 0 Å². The number of nitrogens with zero attached hydrogens (tertiary/aromatic N) is 1. The van der Waals surface area contributed by atoms with E-state index in [0.717, 1.165) is 32.1 Å². The third-order valence-corrected chi connectivity index (χ3v) is 4.96. The Morgan fingerprint density at radius 1 is 1.35 bits per heavy atom. The van der Waals surface area contributed by atoms with Gasteiger partial charge in [-0.1, -0.05) is 59.3 Å². The highest BCUT2D eigenvalue weighted by molar-refractivity contribution is 5.82. The molecule has 0 N–H and O–H groups in total. The second-order valence-electron chi connectivity index (χ2n) is 8.01. The van der Waals surface area contributed by atoms with Crippen molar-refractivity contribution < 1.29 is 4.79 Å². The van der Waals surface area contributed by atoms with Crippen molar-refractivity contribution >= 4 is 5.91 Å². The Hall–Kier alpha value is -1.31. The van der Waals surface area contributed by atoms with E-state index < -0.39 is 0 Å². The first-order valence-electron chi connectivity index (χ1n) is 9.29. The first-order chi connectivity index (χ1) is 10.9. The van der Waals surface area contributed by atoms with Crippen molar-refractivity contribution in [1.29, 1.82) is 0 Å². The molecule has 1 heterocycles. The molecule has 0 aromatic rings. The number of carbonyl (C=O) groups is 1. The van der Waals surface area contributed by atoms with E-state index in [9.17, 15) is 4.79 Å². The third kappa shape index (κ3) is 4.16. The molecule has 0 bridgehead atoms. The summed E-state index contributed by atoms with van der Waals surface area (Å²) in [6.07, 6.45) is 14.9. The van der Waals surface area contributed by atoms with Gasteiger partial charge in [0.15, 0.2) is 0 Å². The SMILES string of the molecule is CCCCC1=CC2(C)CC=CC=C2N1C(=O)CC(C)CC(C)C. The number of fused-ring (bicyclic) bond motifs is 1. The van der Waals surface area contributed by atoms with Crippen LogP contribution in [0.25, 0.3) is 0 Å². The van der Waals surface area contributed by atoms with Crippen molar-refractivity contribution in [3.8, 4) is 0 Å². The molecule has 0 fully saturated rings. The van der Waals surface area contributed by atoms with E-state index in [1.165, 1.54) is 11.4 Å². The zero-order valence-electron chi connectivity index (χ0n) is 15.6. The maximum Gasteiger partial charge on any atom is 0.231 e. The van der Waals surface area contributed by atoms with Gasteiger partial charge < -0.3 is 0 Å². The molecule has 2 atom stereocenters. The summed E-state index contributed by atoms with van der Waals surface area (Å²) in [6.45, 7) is 11.1. The number of hydrogen-bond donors (Lipinski definition) is 0. The van der Waals surface area contributed by atoms with Crippen LogP contribution >= 0.6 is 0 Å². The van der Waals surface area contributed by atoms with Crippen molar-refractivity contribution in [1.82, 2.24) is 4.90 Å². The molecule has 0 aromatic heterocycles. The maximum absolute atomic E-state index is 13.0. The average molecular weight is 316 g/mol. The van der Waals surface area contributed by atoms with Gasteiger partial charge in [0.25, 0.3) is 0 Å². The van der Waals surface area contributed by atoms with Gasteiger partial charge in [-0.05, 0) is 43.6 Å². The van der Waals surface area contributed by atoms with Crippen LogP contribution in [0.1, 0.15) is 73.1 Å². The summed E-state index contributed by atoms with van der Waals surface area (Å²) in [4.78, 5) is 15.1. The smallest absolute Gasteiger partial charge is 0.231 e. The Labute approximate surface area is 142 Å². The highest BCUT2D eigenvalue weighted by Crippen LogP contribution is 2.47. The molecule has 23 heavy (non-hydrogen) atoms. The van der Waals surface area contributed by atoms with E-state index in [4.69, 9.17) is 0 Å². The van der Waals surface area contributed by atoms with Gasteiger partial charge in [-0.15, -0.1) is 0 Å². The maximum atomic E-state index is 13.0. The minimum absolute atomic E-state index is 0.00870. The van der Waals surface area contributed by atoms with Crippen LogP contribution in [0, 0.1) is 17.3 Å². The lowest BCUT2D eigenvalue weighted by molar-refractivity contribution is -0.128. The molecule has 0 spiro atoms. The predicted octanol–water partition coefficient (Wildman–Crippen LogP) is 5.83. The van der Waals surface area contributed by atoms with Crippen LogP contribution in [0.4, 0.5) is 0 Å². The Kier molecular flexibility index (Phi) is 5.89. The van der Waals surface area contributed by atoms with E-state index in [1.807, 2.05) is 0 Å². The number of hydrogen-bond acceptors (Lipinski definition) is 1. The summed E-state index contributed by atoms with van der Waals surface area (Å²) >= 11 is 0. The number of rotatable bonds is 7. The van der Waals surface area contributed by atoms with Crippen molar-refractivity contribution in [3.05, 3.63) is 35.7 Å². The minimum Gasteiger partial charge on any atom is -0.288 e. The largest absolute Gasteiger partial charge is 0.288 e. The molecular weight excluding hydrogens is 282 g/mol. The summed E-state index contributed by atoms with van der Waals surface area (Å²) in [5.41, 5.74) is 2.42. The fourth-order valence-electron chi connectivity index (χ4n) is 3.93. The quantitative estimate of drug-likeness (QED) is 0.579. The predicted molar refractivity (Wildman–Crippen MR) is 97.6 cm³/mol. The molecule has 2 unspecified atom stereocenters. The van der Waals surface area contributed by atoms with Gasteiger partial charge in [0.05, 0.1) is 0 Å². The lowest BCUT2D eigenvalue weighted by Crippen LogP contribution is -2.32. The van der Waals surface area contributed by atoms with Crippen LogP contribution in [0.15, 0.2) is 35.7 Å². The standard InChI is InChI=1S/C21H33NO/c1-6-7-10-18-15-21(5)12-9-8-11-19(21)22(18)20(23)14-17(4)13-16(2)3/h8-9,11,15-17H,6-7,10,12-14H2,1-5H3. The van der Waals surface area contributed by atoms with Gasteiger partial charge in [0, 0.05) is 23.2 Å². The molecule has 0 saturated carbocycles. The molecule has 2 aliphatic rings. The van der Waals surface area contributed by atoms with Crippen LogP contribution < -0.4 is 0 Å². The van der Waals surface area contributed by atoms with Gasteiger partial charge in [-0.2, -0.15) is 0 Å².